The fourth-order valence-electron chi connectivity index (χ4n) is 2.61. The first-order valence-electron chi connectivity index (χ1n) is 8.52. The highest BCUT2D eigenvalue weighted by Gasteiger charge is 2.16. The number of hydrogen-bond acceptors (Lipinski definition) is 5. The standard InChI is InChI=1S/C21H17N3O3/c25-21(27-15-17-9-5-2-6-10-17)18-13-22-24-12-11-19(23-20(18)24)26-14-16-7-3-1-4-8-16/h1-13H,14-15H2. The molecule has 0 aliphatic heterocycles. The second-order valence-electron chi connectivity index (χ2n) is 5.93. The summed E-state index contributed by atoms with van der Waals surface area (Å²) in [6, 6.07) is 21.0. The molecule has 0 spiro atoms. The lowest BCUT2D eigenvalue weighted by Crippen LogP contribution is -2.06. The summed E-state index contributed by atoms with van der Waals surface area (Å²) in [5, 5.41) is 4.15. The Kier molecular flexibility index (Phi) is 4.78. The summed E-state index contributed by atoms with van der Waals surface area (Å²) >= 11 is 0. The molecular formula is C21H17N3O3. The van der Waals surface area contributed by atoms with Gasteiger partial charge in [-0.25, -0.2) is 9.31 Å². The lowest BCUT2D eigenvalue weighted by atomic mass is 10.2. The zero-order valence-electron chi connectivity index (χ0n) is 14.5. The molecule has 4 aromatic rings. The van der Waals surface area contributed by atoms with Crippen LogP contribution in [-0.2, 0) is 18.0 Å². The molecular weight excluding hydrogens is 342 g/mol. The second kappa shape index (κ2) is 7.70. The topological polar surface area (TPSA) is 65.7 Å². The molecule has 0 bridgehead atoms. The summed E-state index contributed by atoms with van der Waals surface area (Å²) in [7, 11) is 0. The second-order valence-corrected chi connectivity index (χ2v) is 5.93. The number of nitrogens with zero attached hydrogens (tertiary/aromatic N) is 3. The summed E-state index contributed by atoms with van der Waals surface area (Å²) in [4.78, 5) is 16.8. The maximum absolute atomic E-state index is 12.4. The largest absolute Gasteiger partial charge is 0.473 e. The summed E-state index contributed by atoms with van der Waals surface area (Å²) in [5.74, 6) is -0.0504. The first-order valence-corrected chi connectivity index (χ1v) is 8.52. The average molecular weight is 359 g/mol. The van der Waals surface area contributed by atoms with Gasteiger partial charge < -0.3 is 9.47 Å². The third kappa shape index (κ3) is 3.95. The molecule has 0 amide bonds. The van der Waals surface area contributed by atoms with Crippen LogP contribution in [0.15, 0.2) is 79.1 Å². The first-order chi connectivity index (χ1) is 13.3. The smallest absolute Gasteiger partial charge is 0.343 e. The third-order valence-corrected chi connectivity index (χ3v) is 4.01. The van der Waals surface area contributed by atoms with Crippen molar-refractivity contribution in [1.29, 1.82) is 0 Å². The Morgan fingerprint density at radius 1 is 0.889 bits per heavy atom. The maximum Gasteiger partial charge on any atom is 0.343 e. The van der Waals surface area contributed by atoms with Crippen molar-refractivity contribution in [1.82, 2.24) is 14.6 Å². The van der Waals surface area contributed by atoms with Crippen LogP contribution in [0.1, 0.15) is 21.5 Å². The average Bonchev–Trinajstić information content (AvgIpc) is 3.15. The van der Waals surface area contributed by atoms with Crippen molar-refractivity contribution >= 4 is 11.6 Å². The van der Waals surface area contributed by atoms with Gasteiger partial charge in [-0.05, 0) is 11.1 Å². The monoisotopic (exact) mass is 359 g/mol. The molecule has 0 atom stereocenters. The number of rotatable bonds is 6. The van der Waals surface area contributed by atoms with Crippen LogP contribution in [-0.4, -0.2) is 20.6 Å². The van der Waals surface area contributed by atoms with Crippen LogP contribution in [0.5, 0.6) is 5.88 Å². The van der Waals surface area contributed by atoms with Crippen LogP contribution in [0.25, 0.3) is 5.65 Å². The Morgan fingerprint density at radius 2 is 1.56 bits per heavy atom. The van der Waals surface area contributed by atoms with E-state index in [2.05, 4.69) is 10.1 Å². The number of aromatic nitrogens is 3. The van der Waals surface area contributed by atoms with Gasteiger partial charge in [0.25, 0.3) is 0 Å². The number of esters is 1. The van der Waals surface area contributed by atoms with Crippen molar-refractivity contribution in [2.45, 2.75) is 13.2 Å². The number of ether oxygens (including phenoxy) is 2. The number of hydrogen-bond donors (Lipinski definition) is 0. The van der Waals surface area contributed by atoms with E-state index in [1.807, 2.05) is 60.7 Å². The lowest BCUT2D eigenvalue weighted by molar-refractivity contribution is 0.0475. The Morgan fingerprint density at radius 3 is 2.26 bits per heavy atom. The molecule has 134 valence electrons. The zero-order valence-corrected chi connectivity index (χ0v) is 14.5. The zero-order chi connectivity index (χ0) is 18.5. The van der Waals surface area contributed by atoms with E-state index in [-0.39, 0.29) is 6.61 Å². The Balaban J connectivity index is 1.48. The Bertz CT molecular complexity index is 1050. The van der Waals surface area contributed by atoms with Crippen molar-refractivity contribution in [2.75, 3.05) is 0 Å². The van der Waals surface area contributed by atoms with Crippen molar-refractivity contribution in [3.05, 3.63) is 95.8 Å². The lowest BCUT2D eigenvalue weighted by Gasteiger charge is -2.06. The Hall–Kier alpha value is -3.67. The van der Waals surface area contributed by atoms with Gasteiger partial charge in [0.1, 0.15) is 18.8 Å². The van der Waals surface area contributed by atoms with E-state index in [0.29, 0.717) is 23.7 Å². The molecule has 0 unspecified atom stereocenters. The van der Waals surface area contributed by atoms with Crippen LogP contribution >= 0.6 is 0 Å². The minimum Gasteiger partial charge on any atom is -0.473 e. The normalized spacial score (nSPS) is 10.7. The van der Waals surface area contributed by atoms with Gasteiger partial charge >= 0.3 is 5.97 Å². The van der Waals surface area contributed by atoms with E-state index >= 15 is 0 Å². The number of benzene rings is 2. The van der Waals surface area contributed by atoms with Crippen molar-refractivity contribution < 1.29 is 14.3 Å². The quantitative estimate of drug-likeness (QED) is 0.492. The predicted molar refractivity (Wildman–Crippen MR) is 99.3 cm³/mol. The molecule has 2 aromatic heterocycles. The highest BCUT2D eigenvalue weighted by Crippen LogP contribution is 2.16. The minimum absolute atomic E-state index is 0.196. The number of carbonyl (C=O) groups excluding carboxylic acids is 1. The Labute approximate surface area is 156 Å². The molecule has 0 radical (unpaired) electrons. The number of carbonyl (C=O) groups is 1. The van der Waals surface area contributed by atoms with Crippen LogP contribution in [0.3, 0.4) is 0 Å². The maximum atomic E-state index is 12.4. The molecule has 0 saturated heterocycles. The van der Waals surface area contributed by atoms with Crippen LogP contribution in [0.4, 0.5) is 0 Å². The number of fused-ring (bicyclic) bond motifs is 1. The third-order valence-electron chi connectivity index (χ3n) is 4.01. The van der Waals surface area contributed by atoms with Crippen LogP contribution < -0.4 is 4.74 Å². The van der Waals surface area contributed by atoms with Gasteiger partial charge in [-0.15, -0.1) is 0 Å². The summed E-state index contributed by atoms with van der Waals surface area (Å²) < 4.78 is 12.6. The minimum atomic E-state index is -0.471. The molecule has 6 nitrogen and oxygen atoms in total. The van der Waals surface area contributed by atoms with E-state index < -0.39 is 5.97 Å². The van der Waals surface area contributed by atoms with Gasteiger partial charge in [0.2, 0.25) is 5.88 Å². The van der Waals surface area contributed by atoms with Crippen molar-refractivity contribution in [3.8, 4) is 5.88 Å². The van der Waals surface area contributed by atoms with Crippen molar-refractivity contribution in [2.24, 2.45) is 0 Å². The summed E-state index contributed by atoms with van der Waals surface area (Å²) in [6.45, 7) is 0.590. The van der Waals surface area contributed by atoms with Gasteiger partial charge in [-0.2, -0.15) is 10.1 Å². The van der Waals surface area contributed by atoms with Gasteiger partial charge in [-0.1, -0.05) is 60.7 Å². The molecule has 0 N–H and O–H groups in total. The fraction of sp³-hybridized carbons (Fsp3) is 0.0952. The fourth-order valence-corrected chi connectivity index (χ4v) is 2.61. The molecule has 0 aliphatic rings. The molecule has 4 rings (SSSR count). The van der Waals surface area contributed by atoms with Crippen LogP contribution in [0, 0.1) is 0 Å². The van der Waals surface area contributed by atoms with Gasteiger partial charge in [-0.3, -0.25) is 0 Å². The van der Waals surface area contributed by atoms with Gasteiger partial charge in [0, 0.05) is 12.3 Å². The summed E-state index contributed by atoms with van der Waals surface area (Å²) in [6.07, 6.45) is 3.16. The highest BCUT2D eigenvalue weighted by atomic mass is 16.5. The van der Waals surface area contributed by atoms with Crippen LogP contribution in [0.2, 0.25) is 0 Å². The van der Waals surface area contributed by atoms with E-state index in [9.17, 15) is 4.79 Å². The molecule has 2 aromatic carbocycles. The first kappa shape index (κ1) is 16.8. The molecule has 2 heterocycles. The van der Waals surface area contributed by atoms with Gasteiger partial charge in [0.15, 0.2) is 5.65 Å². The van der Waals surface area contributed by atoms with Crippen molar-refractivity contribution in [3.63, 3.8) is 0 Å². The predicted octanol–water partition coefficient (Wildman–Crippen LogP) is 3.67. The molecule has 6 heteroatoms. The molecule has 0 fully saturated rings. The molecule has 0 saturated carbocycles. The van der Waals surface area contributed by atoms with E-state index in [1.54, 1.807) is 12.3 Å². The van der Waals surface area contributed by atoms with Gasteiger partial charge in [0.05, 0.1) is 6.20 Å². The van der Waals surface area contributed by atoms with E-state index in [4.69, 9.17) is 9.47 Å². The molecule has 0 aliphatic carbocycles. The molecule has 27 heavy (non-hydrogen) atoms. The van der Waals surface area contributed by atoms with E-state index in [1.165, 1.54) is 10.7 Å². The SMILES string of the molecule is O=C(OCc1ccccc1)c1cnn2ccc(OCc3ccccc3)nc12. The summed E-state index contributed by atoms with van der Waals surface area (Å²) in [5.41, 5.74) is 2.66. The highest BCUT2D eigenvalue weighted by molar-refractivity contribution is 5.95. The van der Waals surface area contributed by atoms with E-state index in [0.717, 1.165) is 11.1 Å².